The summed E-state index contributed by atoms with van der Waals surface area (Å²) in [6.45, 7) is 3.95. The van der Waals surface area contributed by atoms with Crippen LogP contribution < -0.4 is 0 Å². The molecule has 0 unspecified atom stereocenters. The Labute approximate surface area is 98.2 Å². The zero-order chi connectivity index (χ0) is 12.0. The molecule has 0 aromatic rings. The van der Waals surface area contributed by atoms with Gasteiger partial charge >= 0.3 is 0 Å². The Hall–Kier alpha value is -0.160. The Morgan fingerprint density at radius 1 is 1.38 bits per heavy atom. The molecule has 0 aromatic heterocycles. The van der Waals surface area contributed by atoms with Gasteiger partial charge < -0.3 is 14.9 Å². The molecule has 1 aliphatic rings. The predicted molar refractivity (Wildman–Crippen MR) is 63.4 cm³/mol. The van der Waals surface area contributed by atoms with Crippen molar-refractivity contribution in [3.63, 3.8) is 0 Å². The van der Waals surface area contributed by atoms with Gasteiger partial charge in [-0.25, -0.2) is 0 Å². The van der Waals surface area contributed by atoms with E-state index in [0.29, 0.717) is 13.2 Å². The number of aliphatic hydroxyl groups excluding tert-OH is 2. The number of hydrogen-bond donors (Lipinski definition) is 2. The summed E-state index contributed by atoms with van der Waals surface area (Å²) in [6.07, 6.45) is 3.44. The summed E-state index contributed by atoms with van der Waals surface area (Å²) in [5, 5.41) is 19.7. The lowest BCUT2D eigenvalue weighted by atomic mass is 9.95. The highest BCUT2D eigenvalue weighted by Gasteiger charge is 2.28. The van der Waals surface area contributed by atoms with E-state index in [2.05, 4.69) is 4.90 Å². The maximum atomic E-state index is 9.94. The van der Waals surface area contributed by atoms with Crippen LogP contribution in [0.5, 0.6) is 0 Å². The third-order valence-corrected chi connectivity index (χ3v) is 3.33. The van der Waals surface area contributed by atoms with E-state index < -0.39 is 6.10 Å². The minimum Gasteiger partial charge on any atom is -0.392 e. The molecule has 1 aliphatic heterocycles. The second-order valence-corrected chi connectivity index (χ2v) is 4.64. The number of nitrogens with zero attached hydrogens (tertiary/aromatic N) is 1. The molecule has 0 aliphatic carbocycles. The summed E-state index contributed by atoms with van der Waals surface area (Å²) in [4.78, 5) is 2.21. The van der Waals surface area contributed by atoms with E-state index in [4.69, 9.17) is 4.74 Å². The summed E-state index contributed by atoms with van der Waals surface area (Å²) in [7, 11) is 1.60. The maximum absolute atomic E-state index is 9.94. The van der Waals surface area contributed by atoms with Crippen LogP contribution in [0.1, 0.15) is 32.6 Å². The third kappa shape index (κ3) is 4.01. The molecule has 1 rings (SSSR count). The first-order chi connectivity index (χ1) is 7.69. The molecular formula is C12H25NO3. The van der Waals surface area contributed by atoms with Gasteiger partial charge in [-0.1, -0.05) is 13.3 Å². The zero-order valence-corrected chi connectivity index (χ0v) is 10.4. The molecule has 96 valence electrons. The molecule has 0 aromatic carbocycles. The average molecular weight is 231 g/mol. The molecule has 4 nitrogen and oxygen atoms in total. The van der Waals surface area contributed by atoms with Crippen LogP contribution >= 0.6 is 0 Å². The van der Waals surface area contributed by atoms with Gasteiger partial charge in [0.25, 0.3) is 0 Å². The lowest BCUT2D eigenvalue weighted by Gasteiger charge is -2.39. The largest absolute Gasteiger partial charge is 0.392 e. The standard InChI is InChI=1S/C12H25NO3/c1-3-12(15)11-6-4-5-7-13(11)8-10(14)9-16-2/h10-12,14-15H,3-9H2,1-2H3/t10-,11+,12-/m0/s1. The molecule has 2 N–H and O–H groups in total. The predicted octanol–water partition coefficient (Wildman–Crippen LogP) is 0.619. The fourth-order valence-corrected chi connectivity index (χ4v) is 2.47. The molecule has 4 heteroatoms. The first kappa shape index (κ1) is 13.9. The number of β-amino-alcohol motifs (C(OH)–C–C–N with tert-alkyl or cyclic N) is 1. The van der Waals surface area contributed by atoms with E-state index >= 15 is 0 Å². The SMILES string of the molecule is CC[C@H](O)[C@H]1CCCCN1C[C@H](O)COC. The topological polar surface area (TPSA) is 52.9 Å². The zero-order valence-electron chi connectivity index (χ0n) is 10.4. The van der Waals surface area contributed by atoms with Crippen molar-refractivity contribution in [2.45, 2.75) is 50.9 Å². The summed E-state index contributed by atoms with van der Waals surface area (Å²) < 4.78 is 4.93. The van der Waals surface area contributed by atoms with E-state index in [1.165, 1.54) is 6.42 Å². The summed E-state index contributed by atoms with van der Waals surface area (Å²) in [5.74, 6) is 0. The minimum atomic E-state index is -0.449. The van der Waals surface area contributed by atoms with E-state index in [9.17, 15) is 10.2 Å². The van der Waals surface area contributed by atoms with Crippen molar-refractivity contribution < 1.29 is 14.9 Å². The number of ether oxygens (including phenoxy) is 1. The van der Waals surface area contributed by atoms with Crippen molar-refractivity contribution in [2.24, 2.45) is 0 Å². The quantitative estimate of drug-likeness (QED) is 0.703. The third-order valence-electron chi connectivity index (χ3n) is 3.33. The highest BCUT2D eigenvalue weighted by atomic mass is 16.5. The lowest BCUT2D eigenvalue weighted by molar-refractivity contribution is -0.0186. The second kappa shape index (κ2) is 7.22. The Kier molecular flexibility index (Phi) is 6.28. The van der Waals surface area contributed by atoms with Crippen LogP contribution in [0.3, 0.4) is 0 Å². The fourth-order valence-electron chi connectivity index (χ4n) is 2.47. The molecule has 0 saturated carbocycles. The van der Waals surface area contributed by atoms with Crippen LogP contribution in [0.4, 0.5) is 0 Å². The molecular weight excluding hydrogens is 206 g/mol. The van der Waals surface area contributed by atoms with Crippen molar-refractivity contribution in [3.05, 3.63) is 0 Å². The van der Waals surface area contributed by atoms with Crippen LogP contribution in [0.25, 0.3) is 0 Å². The van der Waals surface area contributed by atoms with Gasteiger partial charge in [0, 0.05) is 19.7 Å². The van der Waals surface area contributed by atoms with E-state index in [0.717, 1.165) is 25.8 Å². The summed E-state index contributed by atoms with van der Waals surface area (Å²) in [6, 6.07) is 0.213. The van der Waals surface area contributed by atoms with E-state index in [-0.39, 0.29) is 12.1 Å². The molecule has 1 heterocycles. The van der Waals surface area contributed by atoms with Gasteiger partial charge in [0.15, 0.2) is 0 Å². The highest BCUT2D eigenvalue weighted by Crippen LogP contribution is 2.21. The van der Waals surface area contributed by atoms with E-state index in [1.54, 1.807) is 7.11 Å². The number of aliphatic hydroxyl groups is 2. The van der Waals surface area contributed by atoms with Crippen molar-refractivity contribution in [1.82, 2.24) is 4.90 Å². The summed E-state index contributed by atoms with van der Waals surface area (Å²) >= 11 is 0. The van der Waals surface area contributed by atoms with Crippen LogP contribution in [-0.2, 0) is 4.74 Å². The maximum Gasteiger partial charge on any atom is 0.0900 e. The molecule has 0 radical (unpaired) electrons. The van der Waals surface area contributed by atoms with E-state index in [1.807, 2.05) is 6.92 Å². The molecule has 0 amide bonds. The highest BCUT2D eigenvalue weighted by molar-refractivity contribution is 4.83. The van der Waals surface area contributed by atoms with Crippen LogP contribution in [-0.4, -0.2) is 60.2 Å². The van der Waals surface area contributed by atoms with Crippen LogP contribution in [0.2, 0.25) is 0 Å². The van der Waals surface area contributed by atoms with Gasteiger partial charge in [-0.3, -0.25) is 4.90 Å². The fraction of sp³-hybridized carbons (Fsp3) is 1.00. The number of rotatable bonds is 6. The van der Waals surface area contributed by atoms with Gasteiger partial charge in [-0.15, -0.1) is 0 Å². The Bertz CT molecular complexity index is 189. The van der Waals surface area contributed by atoms with Crippen LogP contribution in [0, 0.1) is 0 Å². The van der Waals surface area contributed by atoms with Crippen molar-refractivity contribution in [3.8, 4) is 0 Å². The average Bonchev–Trinajstić information content (AvgIpc) is 2.29. The molecule has 16 heavy (non-hydrogen) atoms. The molecule has 0 spiro atoms. The smallest absolute Gasteiger partial charge is 0.0900 e. The first-order valence-corrected chi connectivity index (χ1v) is 6.28. The van der Waals surface area contributed by atoms with Crippen molar-refractivity contribution in [1.29, 1.82) is 0 Å². The van der Waals surface area contributed by atoms with Gasteiger partial charge in [-0.2, -0.15) is 0 Å². The van der Waals surface area contributed by atoms with Gasteiger partial charge in [0.1, 0.15) is 0 Å². The number of methoxy groups -OCH3 is 1. The minimum absolute atomic E-state index is 0.213. The monoisotopic (exact) mass is 231 g/mol. The normalized spacial score (nSPS) is 26.6. The molecule has 1 fully saturated rings. The first-order valence-electron chi connectivity index (χ1n) is 6.28. The summed E-state index contributed by atoms with van der Waals surface area (Å²) in [5.41, 5.74) is 0. The lowest BCUT2D eigenvalue weighted by Crippen LogP contribution is -2.49. The Balaban J connectivity index is 2.46. The second-order valence-electron chi connectivity index (χ2n) is 4.64. The van der Waals surface area contributed by atoms with Gasteiger partial charge in [0.05, 0.1) is 18.8 Å². The van der Waals surface area contributed by atoms with Crippen molar-refractivity contribution >= 4 is 0 Å². The van der Waals surface area contributed by atoms with Crippen molar-refractivity contribution in [2.75, 3.05) is 26.8 Å². The van der Waals surface area contributed by atoms with Gasteiger partial charge in [0.2, 0.25) is 0 Å². The number of hydrogen-bond acceptors (Lipinski definition) is 4. The molecule has 0 bridgehead atoms. The Morgan fingerprint density at radius 2 is 2.12 bits per heavy atom. The van der Waals surface area contributed by atoms with Gasteiger partial charge in [-0.05, 0) is 25.8 Å². The Morgan fingerprint density at radius 3 is 2.75 bits per heavy atom. The molecule has 3 atom stereocenters. The number of likely N-dealkylation sites (tertiary alicyclic amines) is 1. The number of piperidine rings is 1. The molecule has 1 saturated heterocycles. The van der Waals surface area contributed by atoms with Crippen LogP contribution in [0.15, 0.2) is 0 Å².